The van der Waals surface area contributed by atoms with Crippen LogP contribution in [0.15, 0.2) is 83.5 Å². The zero-order chi connectivity index (χ0) is 22.3. The SMILES string of the molecule is O=C(/C=C/c1cc2c([nH]c3ccccc32)c(-c2ccc(C(F)(F)F)cc2)n1)c1ccco1. The quantitative estimate of drug-likeness (QED) is 0.248. The second kappa shape index (κ2) is 7.53. The molecule has 0 saturated heterocycles. The van der Waals surface area contributed by atoms with E-state index in [1.54, 1.807) is 18.2 Å². The van der Waals surface area contributed by atoms with Gasteiger partial charge in [0.1, 0.15) is 0 Å². The van der Waals surface area contributed by atoms with Gasteiger partial charge in [0.15, 0.2) is 5.76 Å². The molecule has 2 aromatic carbocycles. The first-order valence-corrected chi connectivity index (χ1v) is 9.75. The topological polar surface area (TPSA) is 58.9 Å². The van der Waals surface area contributed by atoms with Gasteiger partial charge in [0.2, 0.25) is 5.78 Å². The van der Waals surface area contributed by atoms with Crippen LogP contribution in [0.4, 0.5) is 13.2 Å². The van der Waals surface area contributed by atoms with Crippen LogP contribution in [-0.4, -0.2) is 15.8 Å². The lowest BCUT2D eigenvalue weighted by molar-refractivity contribution is -0.137. The number of aromatic nitrogens is 2. The fourth-order valence-corrected chi connectivity index (χ4v) is 3.64. The monoisotopic (exact) mass is 432 g/mol. The van der Waals surface area contributed by atoms with Gasteiger partial charge in [-0.05, 0) is 48.6 Å². The zero-order valence-electron chi connectivity index (χ0n) is 16.5. The van der Waals surface area contributed by atoms with Crippen LogP contribution in [-0.2, 0) is 6.18 Å². The first-order chi connectivity index (χ1) is 15.4. The maximum atomic E-state index is 13.0. The number of nitrogens with zero attached hydrogens (tertiary/aromatic N) is 1. The average molecular weight is 432 g/mol. The number of hydrogen-bond acceptors (Lipinski definition) is 3. The van der Waals surface area contributed by atoms with E-state index >= 15 is 0 Å². The van der Waals surface area contributed by atoms with Crippen molar-refractivity contribution in [1.82, 2.24) is 9.97 Å². The van der Waals surface area contributed by atoms with Gasteiger partial charge in [0, 0.05) is 21.9 Å². The molecule has 158 valence electrons. The number of benzene rings is 2. The van der Waals surface area contributed by atoms with Gasteiger partial charge in [-0.3, -0.25) is 4.79 Å². The first-order valence-electron chi connectivity index (χ1n) is 9.75. The summed E-state index contributed by atoms with van der Waals surface area (Å²) in [7, 11) is 0. The van der Waals surface area contributed by atoms with Crippen molar-refractivity contribution in [3.8, 4) is 11.3 Å². The Labute approximate surface area is 180 Å². The molecular formula is C25H15F3N2O2. The zero-order valence-corrected chi connectivity index (χ0v) is 16.5. The van der Waals surface area contributed by atoms with Gasteiger partial charge in [-0.25, -0.2) is 4.98 Å². The molecule has 0 aliphatic heterocycles. The van der Waals surface area contributed by atoms with Crippen molar-refractivity contribution in [2.75, 3.05) is 0 Å². The molecule has 3 heterocycles. The fraction of sp³-hybridized carbons (Fsp3) is 0.0400. The Balaban J connectivity index is 1.66. The number of alkyl halides is 3. The molecule has 1 N–H and O–H groups in total. The van der Waals surface area contributed by atoms with Gasteiger partial charge >= 0.3 is 6.18 Å². The summed E-state index contributed by atoms with van der Waals surface area (Å²) in [4.78, 5) is 20.2. The summed E-state index contributed by atoms with van der Waals surface area (Å²) in [5.41, 5.74) is 2.39. The summed E-state index contributed by atoms with van der Waals surface area (Å²) < 4.78 is 44.1. The number of hydrogen-bond donors (Lipinski definition) is 1. The lowest BCUT2D eigenvalue weighted by Crippen LogP contribution is -2.04. The number of para-hydroxylation sites is 1. The van der Waals surface area contributed by atoms with Crippen molar-refractivity contribution in [1.29, 1.82) is 0 Å². The van der Waals surface area contributed by atoms with Gasteiger partial charge in [-0.2, -0.15) is 13.2 Å². The number of fused-ring (bicyclic) bond motifs is 3. The van der Waals surface area contributed by atoms with E-state index in [4.69, 9.17) is 4.42 Å². The largest absolute Gasteiger partial charge is 0.461 e. The Hall–Kier alpha value is -4.13. The van der Waals surface area contributed by atoms with Gasteiger partial charge < -0.3 is 9.40 Å². The number of ketones is 1. The van der Waals surface area contributed by atoms with E-state index in [0.717, 1.165) is 28.4 Å². The third-order valence-corrected chi connectivity index (χ3v) is 5.17. The summed E-state index contributed by atoms with van der Waals surface area (Å²) in [5, 5.41) is 1.81. The molecule has 5 rings (SSSR count). The Morgan fingerprint density at radius 3 is 2.47 bits per heavy atom. The molecule has 0 saturated carbocycles. The van der Waals surface area contributed by atoms with Crippen LogP contribution in [0.2, 0.25) is 0 Å². The van der Waals surface area contributed by atoms with Gasteiger partial charge in [-0.1, -0.05) is 30.3 Å². The number of rotatable bonds is 4. The number of carbonyl (C=O) groups excluding carboxylic acids is 1. The highest BCUT2D eigenvalue weighted by Gasteiger charge is 2.30. The molecule has 0 spiro atoms. The third kappa shape index (κ3) is 3.58. The Morgan fingerprint density at radius 1 is 0.969 bits per heavy atom. The van der Waals surface area contributed by atoms with Gasteiger partial charge in [0.05, 0.1) is 28.7 Å². The van der Waals surface area contributed by atoms with Crippen LogP contribution < -0.4 is 0 Å². The minimum absolute atomic E-state index is 0.206. The molecule has 0 bridgehead atoms. The molecule has 0 aliphatic rings. The van der Waals surface area contributed by atoms with Crippen molar-refractivity contribution >= 4 is 33.7 Å². The van der Waals surface area contributed by atoms with Crippen molar-refractivity contribution in [3.63, 3.8) is 0 Å². The highest BCUT2D eigenvalue weighted by atomic mass is 19.4. The maximum absolute atomic E-state index is 13.0. The number of pyridine rings is 1. The molecule has 0 atom stereocenters. The number of allylic oxidation sites excluding steroid dienone is 1. The molecule has 5 aromatic rings. The Morgan fingerprint density at radius 2 is 1.75 bits per heavy atom. The first kappa shape index (κ1) is 19.8. The summed E-state index contributed by atoms with van der Waals surface area (Å²) in [5.74, 6) is -0.107. The molecule has 0 aliphatic carbocycles. The molecule has 0 amide bonds. The fourth-order valence-electron chi connectivity index (χ4n) is 3.64. The molecule has 0 fully saturated rings. The molecule has 7 heteroatoms. The van der Waals surface area contributed by atoms with Crippen LogP contribution in [0.5, 0.6) is 0 Å². The summed E-state index contributed by atoms with van der Waals surface area (Å²) in [6, 6.07) is 17.6. The Bertz CT molecular complexity index is 1460. The van der Waals surface area contributed by atoms with E-state index in [-0.39, 0.29) is 11.5 Å². The predicted octanol–water partition coefficient (Wildman–Crippen LogP) is 6.89. The summed E-state index contributed by atoms with van der Waals surface area (Å²) in [6.45, 7) is 0. The van der Waals surface area contributed by atoms with E-state index in [2.05, 4.69) is 9.97 Å². The van der Waals surface area contributed by atoms with E-state index in [9.17, 15) is 18.0 Å². The molecular weight excluding hydrogens is 417 g/mol. The van der Waals surface area contributed by atoms with Gasteiger partial charge in [-0.15, -0.1) is 0 Å². The number of furan rings is 1. The predicted molar refractivity (Wildman–Crippen MR) is 116 cm³/mol. The Kier molecular flexibility index (Phi) is 4.66. The lowest BCUT2D eigenvalue weighted by Gasteiger charge is -2.09. The van der Waals surface area contributed by atoms with Crippen LogP contribution in [0.25, 0.3) is 39.1 Å². The number of aromatic amines is 1. The summed E-state index contributed by atoms with van der Waals surface area (Å²) in [6.07, 6.45) is -0.0722. The van der Waals surface area contributed by atoms with Crippen molar-refractivity contribution in [3.05, 3.63) is 96.1 Å². The number of nitrogens with one attached hydrogen (secondary N) is 1. The molecule has 4 nitrogen and oxygen atoms in total. The highest BCUT2D eigenvalue weighted by molar-refractivity contribution is 6.12. The molecule has 32 heavy (non-hydrogen) atoms. The lowest BCUT2D eigenvalue weighted by atomic mass is 10.0. The van der Waals surface area contributed by atoms with Crippen LogP contribution in [0, 0.1) is 0 Å². The smallest absolute Gasteiger partial charge is 0.416 e. The van der Waals surface area contributed by atoms with Gasteiger partial charge in [0.25, 0.3) is 0 Å². The highest BCUT2D eigenvalue weighted by Crippen LogP contribution is 2.35. The van der Waals surface area contributed by atoms with E-state index in [1.807, 2.05) is 30.3 Å². The number of halogens is 3. The molecule has 3 aromatic heterocycles. The van der Waals surface area contributed by atoms with Crippen molar-refractivity contribution < 1.29 is 22.4 Å². The van der Waals surface area contributed by atoms with E-state index < -0.39 is 11.7 Å². The minimum atomic E-state index is -4.42. The van der Waals surface area contributed by atoms with E-state index in [0.29, 0.717) is 22.5 Å². The normalized spacial score (nSPS) is 12.2. The molecule has 0 radical (unpaired) electrons. The molecule has 0 unspecified atom stereocenters. The number of carbonyl (C=O) groups is 1. The minimum Gasteiger partial charge on any atom is -0.461 e. The third-order valence-electron chi connectivity index (χ3n) is 5.17. The standard InChI is InChI=1S/C25H15F3N2O2/c26-25(27,28)16-9-7-15(8-10-16)23-24-19(18-4-1-2-5-20(18)30-24)14-17(29-23)11-12-21(31)22-6-3-13-32-22/h1-14,30H/b12-11+. The van der Waals surface area contributed by atoms with E-state index in [1.165, 1.54) is 24.5 Å². The average Bonchev–Trinajstić information content (AvgIpc) is 3.45. The van der Waals surface area contributed by atoms with Crippen LogP contribution in [0.3, 0.4) is 0 Å². The van der Waals surface area contributed by atoms with Crippen LogP contribution >= 0.6 is 0 Å². The van der Waals surface area contributed by atoms with Crippen molar-refractivity contribution in [2.45, 2.75) is 6.18 Å². The summed E-state index contributed by atoms with van der Waals surface area (Å²) >= 11 is 0. The number of H-pyrrole nitrogens is 1. The second-order valence-corrected chi connectivity index (χ2v) is 7.24. The maximum Gasteiger partial charge on any atom is 0.416 e. The van der Waals surface area contributed by atoms with Crippen LogP contribution in [0.1, 0.15) is 21.8 Å². The second-order valence-electron chi connectivity index (χ2n) is 7.24. The van der Waals surface area contributed by atoms with Crippen molar-refractivity contribution in [2.24, 2.45) is 0 Å².